The maximum atomic E-state index is 10.6. The van der Waals surface area contributed by atoms with Gasteiger partial charge in [-0.15, -0.1) is 0 Å². The van der Waals surface area contributed by atoms with Gasteiger partial charge in [0, 0.05) is 11.0 Å². The van der Waals surface area contributed by atoms with Gasteiger partial charge in [-0.05, 0) is 5.53 Å². The first-order valence-electron chi connectivity index (χ1n) is 3.74. The van der Waals surface area contributed by atoms with Crippen LogP contribution in [0.4, 0.5) is 22.7 Å². The Morgan fingerprint density at radius 3 is 2.38 bits per heavy atom. The quantitative estimate of drug-likeness (QED) is 0.207. The largest absolute Gasteiger partial charge is 0.398 e. The summed E-state index contributed by atoms with van der Waals surface area (Å²) in [5, 5.41) is 24.0. The third kappa shape index (κ3) is 1.96. The van der Waals surface area contributed by atoms with Crippen molar-refractivity contribution in [2.75, 3.05) is 5.73 Å². The van der Waals surface area contributed by atoms with Gasteiger partial charge in [0.15, 0.2) is 0 Å². The molecule has 0 aliphatic rings. The van der Waals surface area contributed by atoms with E-state index in [0.29, 0.717) is 6.07 Å². The van der Waals surface area contributed by atoms with E-state index < -0.39 is 26.9 Å². The van der Waals surface area contributed by atoms with E-state index in [4.69, 9.17) is 11.3 Å². The van der Waals surface area contributed by atoms with Gasteiger partial charge in [-0.2, -0.15) is 0 Å². The molecule has 0 amide bonds. The molecule has 2 N–H and O–H groups in total. The van der Waals surface area contributed by atoms with Crippen LogP contribution in [0.1, 0.15) is 0 Å². The average Bonchev–Trinajstić information content (AvgIpc) is 2.20. The molecule has 0 atom stereocenters. The SMILES string of the molecule is [N-]=[N+]=Nc1c(N)cc([N+](=O)[O-])cc1[N+](=O)[O-]. The van der Waals surface area contributed by atoms with Gasteiger partial charge < -0.3 is 5.73 Å². The van der Waals surface area contributed by atoms with E-state index >= 15 is 0 Å². The van der Waals surface area contributed by atoms with Crippen molar-refractivity contribution in [1.29, 1.82) is 0 Å². The van der Waals surface area contributed by atoms with Crippen molar-refractivity contribution in [3.05, 3.63) is 42.8 Å². The highest BCUT2D eigenvalue weighted by atomic mass is 16.6. The zero-order valence-electron chi connectivity index (χ0n) is 7.60. The highest BCUT2D eigenvalue weighted by Gasteiger charge is 2.21. The van der Waals surface area contributed by atoms with Crippen molar-refractivity contribution in [1.82, 2.24) is 0 Å². The Balaban J connectivity index is 3.57. The number of nitrogens with two attached hydrogens (primary N) is 1. The van der Waals surface area contributed by atoms with E-state index in [0.717, 1.165) is 6.07 Å². The van der Waals surface area contributed by atoms with Crippen LogP contribution in [0.5, 0.6) is 0 Å². The van der Waals surface area contributed by atoms with E-state index in [-0.39, 0.29) is 5.69 Å². The van der Waals surface area contributed by atoms with Crippen LogP contribution >= 0.6 is 0 Å². The van der Waals surface area contributed by atoms with Crippen LogP contribution in [0.15, 0.2) is 17.2 Å². The Morgan fingerprint density at radius 1 is 1.31 bits per heavy atom. The zero-order valence-corrected chi connectivity index (χ0v) is 7.60. The van der Waals surface area contributed by atoms with Gasteiger partial charge in [0.2, 0.25) is 0 Å². The fourth-order valence-electron chi connectivity index (χ4n) is 1.02. The number of anilines is 1. The predicted octanol–water partition coefficient (Wildman–Crippen LogP) is 2.03. The van der Waals surface area contributed by atoms with Crippen molar-refractivity contribution in [3.63, 3.8) is 0 Å². The number of hydrogen-bond donors (Lipinski definition) is 1. The van der Waals surface area contributed by atoms with Gasteiger partial charge >= 0.3 is 0 Å². The minimum Gasteiger partial charge on any atom is -0.398 e. The molecule has 0 spiro atoms. The first-order valence-corrected chi connectivity index (χ1v) is 3.74. The maximum absolute atomic E-state index is 10.6. The molecule has 1 rings (SSSR count). The van der Waals surface area contributed by atoms with E-state index in [2.05, 4.69) is 10.0 Å². The lowest BCUT2D eigenvalue weighted by atomic mass is 10.2. The Morgan fingerprint density at radius 2 is 1.94 bits per heavy atom. The maximum Gasteiger partial charge on any atom is 0.287 e. The van der Waals surface area contributed by atoms with Crippen LogP contribution in [0.3, 0.4) is 0 Å². The second-order valence-corrected chi connectivity index (χ2v) is 2.61. The fraction of sp³-hybridized carbons (Fsp3) is 0. The summed E-state index contributed by atoms with van der Waals surface area (Å²) in [6.07, 6.45) is 0. The summed E-state index contributed by atoms with van der Waals surface area (Å²) in [4.78, 5) is 21.6. The molecule has 0 radical (unpaired) electrons. The summed E-state index contributed by atoms with van der Waals surface area (Å²) in [5.74, 6) is 0. The summed E-state index contributed by atoms with van der Waals surface area (Å²) >= 11 is 0. The third-order valence-corrected chi connectivity index (χ3v) is 1.66. The normalized spacial score (nSPS) is 9.25. The highest BCUT2D eigenvalue weighted by Crippen LogP contribution is 2.37. The minimum absolute atomic E-state index is 0.321. The molecule has 0 fully saturated rings. The van der Waals surface area contributed by atoms with Gasteiger partial charge in [-0.25, -0.2) is 0 Å². The molecule has 0 bridgehead atoms. The van der Waals surface area contributed by atoms with Crippen LogP contribution in [-0.4, -0.2) is 9.85 Å². The monoisotopic (exact) mass is 224 g/mol. The van der Waals surface area contributed by atoms with Crippen molar-refractivity contribution in [2.24, 2.45) is 5.11 Å². The molecule has 16 heavy (non-hydrogen) atoms. The van der Waals surface area contributed by atoms with E-state index in [9.17, 15) is 20.2 Å². The molecule has 0 aromatic heterocycles. The molecular formula is C6H4N6O4. The Kier molecular flexibility index (Phi) is 2.88. The lowest BCUT2D eigenvalue weighted by Crippen LogP contribution is -1.96. The average molecular weight is 224 g/mol. The van der Waals surface area contributed by atoms with Crippen molar-refractivity contribution in [3.8, 4) is 0 Å². The third-order valence-electron chi connectivity index (χ3n) is 1.66. The predicted molar refractivity (Wildman–Crippen MR) is 53.0 cm³/mol. The number of benzene rings is 1. The van der Waals surface area contributed by atoms with Gasteiger partial charge in [-0.1, -0.05) is 5.11 Å². The molecule has 82 valence electrons. The van der Waals surface area contributed by atoms with Crippen molar-refractivity contribution >= 4 is 22.7 Å². The molecule has 10 nitrogen and oxygen atoms in total. The summed E-state index contributed by atoms with van der Waals surface area (Å²) in [5.41, 5.74) is 11.5. The molecule has 1 aromatic carbocycles. The van der Waals surface area contributed by atoms with Gasteiger partial charge in [-0.3, -0.25) is 20.2 Å². The number of nitro benzene ring substituents is 2. The standard InChI is InChI=1S/C6H4N6O4/c7-4-1-3(11(13)14)2-5(12(15)16)6(4)9-10-8/h1-2H,7H2. The van der Waals surface area contributed by atoms with Crippen molar-refractivity contribution < 1.29 is 9.85 Å². The highest BCUT2D eigenvalue weighted by molar-refractivity contribution is 5.76. The lowest BCUT2D eigenvalue weighted by molar-refractivity contribution is -0.393. The van der Waals surface area contributed by atoms with Crippen LogP contribution in [0, 0.1) is 20.2 Å². The Hall–Kier alpha value is -2.87. The molecule has 10 heteroatoms. The van der Waals surface area contributed by atoms with Gasteiger partial charge in [0.1, 0.15) is 5.69 Å². The summed E-state index contributed by atoms with van der Waals surface area (Å²) < 4.78 is 0. The van der Waals surface area contributed by atoms with Gasteiger partial charge in [0.25, 0.3) is 11.4 Å². The second-order valence-electron chi connectivity index (χ2n) is 2.61. The van der Waals surface area contributed by atoms with E-state index in [1.807, 2.05) is 0 Å². The molecule has 0 saturated carbocycles. The summed E-state index contributed by atoms with van der Waals surface area (Å²) in [6, 6.07) is 1.57. The molecule has 0 aliphatic heterocycles. The molecule has 0 saturated heterocycles. The number of rotatable bonds is 3. The number of non-ortho nitro benzene ring substituents is 1. The smallest absolute Gasteiger partial charge is 0.287 e. The Labute approximate surface area is 87.2 Å². The number of azide groups is 1. The summed E-state index contributed by atoms with van der Waals surface area (Å²) in [6.45, 7) is 0. The van der Waals surface area contributed by atoms with Crippen LogP contribution in [0.25, 0.3) is 10.4 Å². The van der Waals surface area contributed by atoms with Crippen molar-refractivity contribution in [2.45, 2.75) is 0 Å². The molecule has 0 unspecified atom stereocenters. The van der Waals surface area contributed by atoms with Crippen LogP contribution < -0.4 is 5.73 Å². The number of nitro groups is 2. The summed E-state index contributed by atoms with van der Waals surface area (Å²) in [7, 11) is 0. The van der Waals surface area contributed by atoms with E-state index in [1.165, 1.54) is 0 Å². The lowest BCUT2D eigenvalue weighted by Gasteiger charge is -2.00. The van der Waals surface area contributed by atoms with Gasteiger partial charge in [0.05, 0.1) is 21.6 Å². The zero-order chi connectivity index (χ0) is 12.3. The first kappa shape index (κ1) is 11.2. The molecule has 1 aromatic rings. The molecular weight excluding hydrogens is 220 g/mol. The Bertz CT molecular complexity index is 520. The first-order chi connectivity index (χ1) is 7.47. The minimum atomic E-state index is -0.909. The van der Waals surface area contributed by atoms with Crippen LogP contribution in [-0.2, 0) is 0 Å². The van der Waals surface area contributed by atoms with Crippen LogP contribution in [0.2, 0.25) is 0 Å². The molecule has 0 heterocycles. The number of hydrogen-bond acceptors (Lipinski definition) is 6. The molecule has 0 aliphatic carbocycles. The topological polar surface area (TPSA) is 161 Å². The number of nitrogen functional groups attached to an aromatic ring is 1. The number of nitrogens with zero attached hydrogens (tertiary/aromatic N) is 5. The second kappa shape index (κ2) is 4.11. The van der Waals surface area contributed by atoms with E-state index in [1.54, 1.807) is 0 Å². The fourth-order valence-corrected chi connectivity index (χ4v) is 1.02.